The average Bonchev–Trinajstić information content (AvgIpc) is 2.35. The smallest absolute Gasteiger partial charge is 0.211 e. The molecule has 0 aliphatic carbocycles. The Bertz CT molecular complexity index is 564. The SMILES string of the molecule is CCC(C)CNS(=O)(=O)c1ccc(C#N)cc1Cl. The third-order valence-electron chi connectivity index (χ3n) is 2.67. The molecule has 1 N–H and O–H groups in total. The van der Waals surface area contributed by atoms with Gasteiger partial charge in [-0.3, -0.25) is 0 Å². The molecule has 98 valence electrons. The Hall–Kier alpha value is -1.09. The van der Waals surface area contributed by atoms with E-state index in [1.807, 2.05) is 19.9 Å². The van der Waals surface area contributed by atoms with Crippen LogP contribution in [0.1, 0.15) is 25.8 Å². The van der Waals surface area contributed by atoms with E-state index >= 15 is 0 Å². The van der Waals surface area contributed by atoms with E-state index in [1.165, 1.54) is 18.2 Å². The van der Waals surface area contributed by atoms with E-state index < -0.39 is 10.0 Å². The van der Waals surface area contributed by atoms with E-state index in [-0.39, 0.29) is 15.8 Å². The first-order chi connectivity index (χ1) is 8.40. The first kappa shape index (κ1) is 15.0. The molecule has 0 fully saturated rings. The van der Waals surface area contributed by atoms with Crippen molar-refractivity contribution in [2.24, 2.45) is 5.92 Å². The fourth-order valence-corrected chi connectivity index (χ4v) is 2.97. The summed E-state index contributed by atoms with van der Waals surface area (Å²) < 4.78 is 26.5. The van der Waals surface area contributed by atoms with Crippen LogP contribution in [0.2, 0.25) is 5.02 Å². The van der Waals surface area contributed by atoms with Crippen molar-refractivity contribution in [3.8, 4) is 6.07 Å². The molecule has 0 aromatic heterocycles. The summed E-state index contributed by atoms with van der Waals surface area (Å²) in [7, 11) is -3.61. The molecule has 1 atom stereocenters. The molecule has 0 spiro atoms. The molecule has 0 saturated carbocycles. The first-order valence-corrected chi connectivity index (χ1v) is 7.46. The number of halogens is 1. The Labute approximate surface area is 113 Å². The lowest BCUT2D eigenvalue weighted by Crippen LogP contribution is -2.28. The molecule has 0 amide bonds. The fraction of sp³-hybridized carbons (Fsp3) is 0.417. The first-order valence-electron chi connectivity index (χ1n) is 5.60. The number of nitriles is 1. The molecule has 0 aliphatic rings. The zero-order valence-electron chi connectivity index (χ0n) is 10.3. The molecular formula is C12H15ClN2O2S. The van der Waals surface area contributed by atoms with E-state index in [9.17, 15) is 8.42 Å². The number of rotatable bonds is 5. The highest BCUT2D eigenvalue weighted by molar-refractivity contribution is 7.89. The lowest BCUT2D eigenvalue weighted by atomic mass is 10.1. The maximum atomic E-state index is 12.0. The molecule has 0 aliphatic heterocycles. The highest BCUT2D eigenvalue weighted by atomic mass is 35.5. The van der Waals surface area contributed by atoms with Crippen LogP contribution >= 0.6 is 11.6 Å². The van der Waals surface area contributed by atoms with Gasteiger partial charge in [0.25, 0.3) is 0 Å². The molecule has 4 nitrogen and oxygen atoms in total. The minimum atomic E-state index is -3.61. The standard InChI is InChI=1S/C12H15ClN2O2S/c1-3-9(2)8-15-18(16,17)12-5-4-10(7-14)6-11(12)13/h4-6,9,15H,3,8H2,1-2H3. The van der Waals surface area contributed by atoms with Gasteiger partial charge in [-0.25, -0.2) is 13.1 Å². The van der Waals surface area contributed by atoms with E-state index in [0.717, 1.165) is 6.42 Å². The van der Waals surface area contributed by atoms with Crippen LogP contribution in [0, 0.1) is 17.2 Å². The van der Waals surface area contributed by atoms with E-state index in [0.29, 0.717) is 12.1 Å². The van der Waals surface area contributed by atoms with Crippen molar-refractivity contribution in [2.45, 2.75) is 25.2 Å². The van der Waals surface area contributed by atoms with Gasteiger partial charge in [-0.1, -0.05) is 31.9 Å². The van der Waals surface area contributed by atoms with Crippen LogP contribution in [-0.2, 0) is 10.0 Å². The summed E-state index contributed by atoms with van der Waals surface area (Å²) in [5.74, 6) is 0.261. The molecule has 0 radical (unpaired) electrons. The summed E-state index contributed by atoms with van der Waals surface area (Å²) in [4.78, 5) is 0.00599. The molecular weight excluding hydrogens is 272 g/mol. The maximum absolute atomic E-state index is 12.0. The number of nitrogens with zero attached hydrogens (tertiary/aromatic N) is 1. The van der Waals surface area contributed by atoms with Crippen LogP contribution in [0.25, 0.3) is 0 Å². The monoisotopic (exact) mass is 286 g/mol. The maximum Gasteiger partial charge on any atom is 0.242 e. The van der Waals surface area contributed by atoms with E-state index in [4.69, 9.17) is 16.9 Å². The zero-order valence-corrected chi connectivity index (χ0v) is 11.8. The molecule has 1 rings (SSSR count). The summed E-state index contributed by atoms with van der Waals surface area (Å²) in [5, 5.41) is 8.75. The van der Waals surface area contributed by atoms with Crippen LogP contribution in [-0.4, -0.2) is 15.0 Å². The molecule has 1 aromatic rings. The summed E-state index contributed by atoms with van der Waals surface area (Å²) in [6, 6.07) is 6.03. The highest BCUT2D eigenvalue weighted by Crippen LogP contribution is 2.22. The Morgan fingerprint density at radius 1 is 1.50 bits per heavy atom. The molecule has 1 aromatic carbocycles. The minimum Gasteiger partial charge on any atom is -0.211 e. The van der Waals surface area contributed by atoms with Crippen LogP contribution in [0.15, 0.2) is 23.1 Å². The van der Waals surface area contributed by atoms with Gasteiger partial charge in [0.05, 0.1) is 16.7 Å². The number of hydrogen-bond donors (Lipinski definition) is 1. The van der Waals surface area contributed by atoms with Gasteiger partial charge < -0.3 is 0 Å². The van der Waals surface area contributed by atoms with Crippen molar-refractivity contribution < 1.29 is 8.42 Å². The fourth-order valence-electron chi connectivity index (χ4n) is 1.26. The predicted octanol–water partition coefficient (Wildman–Crippen LogP) is 2.54. The van der Waals surface area contributed by atoms with Crippen molar-refractivity contribution in [1.82, 2.24) is 4.72 Å². The molecule has 0 heterocycles. The second kappa shape index (κ2) is 6.19. The van der Waals surface area contributed by atoms with Crippen LogP contribution in [0.5, 0.6) is 0 Å². The van der Waals surface area contributed by atoms with Gasteiger partial charge in [0.1, 0.15) is 4.90 Å². The third-order valence-corrected chi connectivity index (χ3v) is 4.58. The minimum absolute atomic E-state index is 0.00599. The van der Waals surface area contributed by atoms with E-state index in [2.05, 4.69) is 4.72 Å². The van der Waals surface area contributed by atoms with Gasteiger partial charge in [-0.05, 0) is 24.1 Å². The second-order valence-corrected chi connectivity index (χ2v) is 6.26. The number of sulfonamides is 1. The Morgan fingerprint density at radius 3 is 2.67 bits per heavy atom. The normalized spacial score (nSPS) is 13.0. The highest BCUT2D eigenvalue weighted by Gasteiger charge is 2.18. The van der Waals surface area contributed by atoms with Crippen molar-refractivity contribution in [3.63, 3.8) is 0 Å². The Kier molecular flexibility index (Phi) is 5.15. The summed E-state index contributed by atoms with van der Waals surface area (Å²) in [6.07, 6.45) is 0.892. The van der Waals surface area contributed by atoms with Crippen molar-refractivity contribution >= 4 is 21.6 Å². The van der Waals surface area contributed by atoms with Gasteiger partial charge in [0, 0.05) is 6.54 Å². The number of benzene rings is 1. The quantitative estimate of drug-likeness (QED) is 0.904. The topological polar surface area (TPSA) is 70.0 Å². The second-order valence-electron chi connectivity index (χ2n) is 4.12. The van der Waals surface area contributed by atoms with Crippen molar-refractivity contribution in [1.29, 1.82) is 5.26 Å². The van der Waals surface area contributed by atoms with Gasteiger partial charge in [0.2, 0.25) is 10.0 Å². The predicted molar refractivity (Wildman–Crippen MR) is 70.8 cm³/mol. The third kappa shape index (κ3) is 3.70. The average molecular weight is 287 g/mol. The number of nitrogens with one attached hydrogen (secondary N) is 1. The van der Waals surface area contributed by atoms with Crippen LogP contribution in [0.4, 0.5) is 0 Å². The zero-order chi connectivity index (χ0) is 13.8. The van der Waals surface area contributed by atoms with Crippen molar-refractivity contribution in [2.75, 3.05) is 6.54 Å². The lowest BCUT2D eigenvalue weighted by Gasteiger charge is -2.11. The molecule has 0 bridgehead atoms. The molecule has 0 saturated heterocycles. The lowest BCUT2D eigenvalue weighted by molar-refractivity contribution is 0.528. The summed E-state index contributed by atoms with van der Waals surface area (Å²) in [6.45, 7) is 4.33. The summed E-state index contributed by atoms with van der Waals surface area (Å²) >= 11 is 5.87. The summed E-state index contributed by atoms with van der Waals surface area (Å²) in [5.41, 5.74) is 0.334. The van der Waals surface area contributed by atoms with Crippen LogP contribution in [0.3, 0.4) is 0 Å². The Morgan fingerprint density at radius 2 is 2.17 bits per heavy atom. The molecule has 1 unspecified atom stereocenters. The number of hydrogen-bond acceptors (Lipinski definition) is 3. The van der Waals surface area contributed by atoms with Gasteiger partial charge in [0.15, 0.2) is 0 Å². The van der Waals surface area contributed by atoms with E-state index in [1.54, 1.807) is 0 Å². The van der Waals surface area contributed by atoms with Crippen molar-refractivity contribution in [3.05, 3.63) is 28.8 Å². The van der Waals surface area contributed by atoms with Crippen LogP contribution < -0.4 is 4.72 Å². The molecule has 18 heavy (non-hydrogen) atoms. The van der Waals surface area contributed by atoms with Gasteiger partial charge in [-0.2, -0.15) is 5.26 Å². The van der Waals surface area contributed by atoms with Gasteiger partial charge >= 0.3 is 0 Å². The largest absolute Gasteiger partial charge is 0.242 e. The molecule has 6 heteroatoms. The van der Waals surface area contributed by atoms with Gasteiger partial charge in [-0.15, -0.1) is 0 Å². The Balaban J connectivity index is 2.96.